The molecule has 0 aromatic heterocycles. The molecule has 1 amide bonds. The molecule has 1 heterocycles. The molecule has 7 heteroatoms. The minimum Gasteiger partial charge on any atom is -0.339 e. The number of rotatable bonds is 10. The van der Waals surface area contributed by atoms with Gasteiger partial charge < -0.3 is 4.90 Å². The quantitative estimate of drug-likeness (QED) is 0.631. The second-order valence-corrected chi connectivity index (χ2v) is 8.78. The van der Waals surface area contributed by atoms with E-state index < -0.39 is 10.0 Å². The molecule has 26 heavy (non-hydrogen) atoms. The van der Waals surface area contributed by atoms with Gasteiger partial charge in [0, 0.05) is 44.3 Å². The number of amides is 1. The Balaban J connectivity index is 2.23. The van der Waals surface area contributed by atoms with Gasteiger partial charge in [-0.05, 0) is 44.4 Å². The Morgan fingerprint density at radius 3 is 2.38 bits per heavy atom. The SMILES string of the molecule is CCCN(CCC)C(=O)c1ccc(C)c(S(=O)(=O)NC(C)CN2CC2)c1. The monoisotopic (exact) mass is 381 g/mol. The zero-order chi connectivity index (χ0) is 19.3. The molecule has 0 bridgehead atoms. The molecule has 146 valence electrons. The molecule has 1 unspecified atom stereocenters. The lowest BCUT2D eigenvalue weighted by molar-refractivity contribution is 0.0755. The van der Waals surface area contributed by atoms with Crippen LogP contribution in [0.15, 0.2) is 23.1 Å². The third kappa shape index (κ3) is 5.53. The summed E-state index contributed by atoms with van der Waals surface area (Å²) in [5.74, 6) is -0.109. The molecule has 1 fully saturated rings. The Labute approximate surface area is 157 Å². The van der Waals surface area contributed by atoms with Crippen LogP contribution < -0.4 is 4.72 Å². The summed E-state index contributed by atoms with van der Waals surface area (Å²) in [6.07, 6.45) is 1.75. The van der Waals surface area contributed by atoms with Crippen molar-refractivity contribution < 1.29 is 13.2 Å². The number of sulfonamides is 1. The van der Waals surface area contributed by atoms with Crippen molar-refractivity contribution in [3.05, 3.63) is 29.3 Å². The Kier molecular flexibility index (Phi) is 7.20. The van der Waals surface area contributed by atoms with Crippen LogP contribution in [0.1, 0.15) is 49.5 Å². The van der Waals surface area contributed by atoms with Gasteiger partial charge in [0.2, 0.25) is 10.0 Å². The summed E-state index contributed by atoms with van der Waals surface area (Å²) in [4.78, 5) is 16.9. The second kappa shape index (κ2) is 8.97. The Bertz CT molecular complexity index is 724. The zero-order valence-electron chi connectivity index (χ0n) is 16.3. The minimum absolute atomic E-state index is 0.109. The van der Waals surface area contributed by atoms with Gasteiger partial charge in [-0.1, -0.05) is 19.9 Å². The maximum absolute atomic E-state index is 12.8. The highest BCUT2D eigenvalue weighted by atomic mass is 32.2. The molecule has 1 aromatic rings. The van der Waals surface area contributed by atoms with Crippen LogP contribution in [0.25, 0.3) is 0 Å². The molecule has 0 radical (unpaired) electrons. The Morgan fingerprint density at radius 2 is 1.85 bits per heavy atom. The fourth-order valence-corrected chi connectivity index (χ4v) is 4.57. The maximum atomic E-state index is 12.8. The van der Waals surface area contributed by atoms with E-state index in [1.165, 1.54) is 6.07 Å². The number of hydrogen-bond donors (Lipinski definition) is 1. The molecular weight excluding hydrogens is 350 g/mol. The van der Waals surface area contributed by atoms with Crippen molar-refractivity contribution in [2.24, 2.45) is 0 Å². The highest BCUT2D eigenvalue weighted by Gasteiger charge is 2.25. The summed E-state index contributed by atoms with van der Waals surface area (Å²) in [6.45, 7) is 11.8. The lowest BCUT2D eigenvalue weighted by Crippen LogP contribution is -2.38. The van der Waals surface area contributed by atoms with Crippen molar-refractivity contribution in [3.63, 3.8) is 0 Å². The van der Waals surface area contributed by atoms with Crippen LogP contribution in [0, 0.1) is 6.92 Å². The predicted molar refractivity (Wildman–Crippen MR) is 104 cm³/mol. The Hall–Kier alpha value is -1.44. The first kappa shape index (κ1) is 20.9. The van der Waals surface area contributed by atoms with E-state index in [0.717, 1.165) is 25.9 Å². The predicted octanol–water partition coefficient (Wildman–Crippen LogP) is 2.24. The topological polar surface area (TPSA) is 69.5 Å². The van der Waals surface area contributed by atoms with Crippen LogP contribution in [0.2, 0.25) is 0 Å². The minimum atomic E-state index is -3.66. The van der Waals surface area contributed by atoms with Gasteiger partial charge in [-0.15, -0.1) is 0 Å². The molecule has 2 rings (SSSR count). The van der Waals surface area contributed by atoms with Crippen LogP contribution in [0.3, 0.4) is 0 Å². The molecule has 0 spiro atoms. The summed E-state index contributed by atoms with van der Waals surface area (Å²) < 4.78 is 28.3. The van der Waals surface area contributed by atoms with Crippen LogP contribution >= 0.6 is 0 Å². The first-order valence-electron chi connectivity index (χ1n) is 9.43. The lowest BCUT2D eigenvalue weighted by atomic mass is 10.1. The van der Waals surface area contributed by atoms with E-state index in [1.54, 1.807) is 24.0 Å². The first-order valence-corrected chi connectivity index (χ1v) is 10.9. The van der Waals surface area contributed by atoms with Gasteiger partial charge in [0.15, 0.2) is 0 Å². The van der Waals surface area contributed by atoms with Crippen molar-refractivity contribution in [1.82, 2.24) is 14.5 Å². The van der Waals surface area contributed by atoms with E-state index in [-0.39, 0.29) is 16.8 Å². The number of carbonyl (C=O) groups excluding carboxylic acids is 1. The van der Waals surface area contributed by atoms with E-state index in [4.69, 9.17) is 0 Å². The van der Waals surface area contributed by atoms with Crippen molar-refractivity contribution in [2.75, 3.05) is 32.7 Å². The van der Waals surface area contributed by atoms with E-state index in [0.29, 0.717) is 30.8 Å². The van der Waals surface area contributed by atoms with Crippen molar-refractivity contribution in [3.8, 4) is 0 Å². The van der Waals surface area contributed by atoms with Crippen molar-refractivity contribution in [2.45, 2.75) is 51.5 Å². The number of nitrogens with one attached hydrogen (secondary N) is 1. The molecule has 1 aromatic carbocycles. The van der Waals surface area contributed by atoms with E-state index in [1.807, 2.05) is 20.8 Å². The summed E-state index contributed by atoms with van der Waals surface area (Å²) in [7, 11) is -3.66. The van der Waals surface area contributed by atoms with Gasteiger partial charge in [-0.25, -0.2) is 13.1 Å². The normalized spacial score (nSPS) is 15.7. The average molecular weight is 382 g/mol. The van der Waals surface area contributed by atoms with Crippen LogP contribution in [-0.2, 0) is 10.0 Å². The second-order valence-electron chi connectivity index (χ2n) is 7.10. The van der Waals surface area contributed by atoms with Gasteiger partial charge in [0.1, 0.15) is 0 Å². The number of aryl methyl sites for hydroxylation is 1. The summed E-state index contributed by atoms with van der Waals surface area (Å²) >= 11 is 0. The van der Waals surface area contributed by atoms with Gasteiger partial charge in [-0.2, -0.15) is 0 Å². The van der Waals surface area contributed by atoms with Crippen LogP contribution in [-0.4, -0.2) is 62.9 Å². The average Bonchev–Trinajstić information content (AvgIpc) is 3.37. The fraction of sp³-hybridized carbons (Fsp3) is 0.632. The highest BCUT2D eigenvalue weighted by molar-refractivity contribution is 7.89. The molecule has 1 atom stereocenters. The van der Waals surface area contributed by atoms with Crippen LogP contribution in [0.5, 0.6) is 0 Å². The summed E-state index contributed by atoms with van der Waals surface area (Å²) in [5.41, 5.74) is 1.07. The van der Waals surface area contributed by atoms with Gasteiger partial charge in [0.05, 0.1) is 4.90 Å². The highest BCUT2D eigenvalue weighted by Crippen LogP contribution is 2.19. The summed E-state index contributed by atoms with van der Waals surface area (Å²) in [5, 5.41) is 0. The van der Waals surface area contributed by atoms with Crippen molar-refractivity contribution >= 4 is 15.9 Å². The molecule has 1 aliphatic rings. The van der Waals surface area contributed by atoms with Gasteiger partial charge in [0.25, 0.3) is 5.91 Å². The fourth-order valence-electron chi connectivity index (χ4n) is 3.07. The number of hydrogen-bond acceptors (Lipinski definition) is 4. The lowest BCUT2D eigenvalue weighted by Gasteiger charge is -2.22. The van der Waals surface area contributed by atoms with Crippen LogP contribution in [0.4, 0.5) is 0 Å². The molecule has 6 nitrogen and oxygen atoms in total. The van der Waals surface area contributed by atoms with Gasteiger partial charge in [-0.3, -0.25) is 9.69 Å². The smallest absolute Gasteiger partial charge is 0.253 e. The number of nitrogens with zero attached hydrogens (tertiary/aromatic N) is 2. The first-order chi connectivity index (χ1) is 12.3. The molecular formula is C19H31N3O3S. The van der Waals surface area contributed by atoms with E-state index in [2.05, 4.69) is 9.62 Å². The Morgan fingerprint density at radius 1 is 1.23 bits per heavy atom. The molecule has 0 aliphatic carbocycles. The largest absolute Gasteiger partial charge is 0.339 e. The standard InChI is InChI=1S/C19H31N3O3S/c1-5-9-22(10-6-2)19(23)17-8-7-15(3)18(13-17)26(24,25)20-16(4)14-21-11-12-21/h7-8,13,16,20H,5-6,9-12,14H2,1-4H3. The third-order valence-corrected chi connectivity index (χ3v) is 6.16. The van der Waals surface area contributed by atoms with Gasteiger partial charge >= 0.3 is 0 Å². The third-order valence-electron chi connectivity index (χ3n) is 4.43. The van der Waals surface area contributed by atoms with E-state index >= 15 is 0 Å². The van der Waals surface area contributed by atoms with Crippen molar-refractivity contribution in [1.29, 1.82) is 0 Å². The maximum Gasteiger partial charge on any atom is 0.253 e. The molecule has 1 N–H and O–H groups in total. The summed E-state index contributed by atoms with van der Waals surface area (Å²) in [6, 6.07) is 4.78. The zero-order valence-corrected chi connectivity index (χ0v) is 17.1. The number of benzene rings is 1. The molecule has 1 aliphatic heterocycles. The molecule has 0 saturated carbocycles. The number of carbonyl (C=O) groups is 1. The van der Waals surface area contributed by atoms with E-state index in [9.17, 15) is 13.2 Å². The molecule has 1 saturated heterocycles.